The molecule has 0 aliphatic heterocycles. The van der Waals surface area contributed by atoms with Crippen LogP contribution in [0.1, 0.15) is 46.1 Å². The molecule has 0 aliphatic rings. The summed E-state index contributed by atoms with van der Waals surface area (Å²) in [5.74, 6) is -0.452. The number of nitrogens with one attached hydrogen (secondary N) is 1. The van der Waals surface area contributed by atoms with Crippen molar-refractivity contribution in [1.29, 1.82) is 0 Å². The summed E-state index contributed by atoms with van der Waals surface area (Å²) in [6.07, 6.45) is 0.454. The molecule has 158 valence electrons. The van der Waals surface area contributed by atoms with Gasteiger partial charge in [-0.15, -0.1) is 0 Å². The molecule has 1 rings (SSSR count). The SMILES string of the molecule is CCOC(=O)[C@@H](CCCO[Si](C)(C)C(C)(C)C)NC(=O)OCc1ccccc1. The van der Waals surface area contributed by atoms with E-state index in [4.69, 9.17) is 13.9 Å². The molecule has 1 amide bonds. The summed E-state index contributed by atoms with van der Waals surface area (Å²) >= 11 is 0. The number of esters is 1. The Labute approximate surface area is 170 Å². The van der Waals surface area contributed by atoms with Gasteiger partial charge in [0.25, 0.3) is 0 Å². The van der Waals surface area contributed by atoms with Crippen molar-refractivity contribution in [3.8, 4) is 0 Å². The monoisotopic (exact) mass is 409 g/mol. The number of ether oxygens (including phenoxy) is 2. The van der Waals surface area contributed by atoms with Crippen LogP contribution in [0.25, 0.3) is 0 Å². The number of hydrogen-bond acceptors (Lipinski definition) is 5. The van der Waals surface area contributed by atoms with E-state index in [1.165, 1.54) is 0 Å². The third kappa shape index (κ3) is 8.44. The van der Waals surface area contributed by atoms with Crippen molar-refractivity contribution in [2.24, 2.45) is 0 Å². The minimum atomic E-state index is -1.83. The fourth-order valence-electron chi connectivity index (χ4n) is 2.23. The van der Waals surface area contributed by atoms with E-state index in [1.54, 1.807) is 6.92 Å². The van der Waals surface area contributed by atoms with Crippen LogP contribution in [0.5, 0.6) is 0 Å². The van der Waals surface area contributed by atoms with E-state index in [-0.39, 0.29) is 18.3 Å². The molecule has 0 saturated carbocycles. The zero-order chi connectivity index (χ0) is 21.2. The Bertz CT molecular complexity index is 613. The van der Waals surface area contributed by atoms with Crippen molar-refractivity contribution in [3.63, 3.8) is 0 Å². The maximum Gasteiger partial charge on any atom is 0.408 e. The van der Waals surface area contributed by atoms with Gasteiger partial charge >= 0.3 is 12.1 Å². The molecule has 1 aromatic rings. The Hall–Kier alpha value is -1.86. The van der Waals surface area contributed by atoms with Gasteiger partial charge in [-0.2, -0.15) is 0 Å². The molecule has 1 atom stereocenters. The van der Waals surface area contributed by atoms with E-state index in [9.17, 15) is 9.59 Å². The van der Waals surface area contributed by atoms with E-state index in [0.29, 0.717) is 19.4 Å². The standard InChI is InChI=1S/C21H35NO5Si/c1-7-25-19(23)18(14-11-15-27-28(5,6)21(2,3)4)22-20(24)26-16-17-12-9-8-10-13-17/h8-10,12-13,18H,7,11,14-16H2,1-6H3,(H,22,24)/t18-/m1/s1. The number of benzene rings is 1. The number of amides is 1. The van der Waals surface area contributed by atoms with Gasteiger partial charge < -0.3 is 19.2 Å². The molecule has 0 radical (unpaired) electrons. The van der Waals surface area contributed by atoms with Crippen molar-refractivity contribution in [1.82, 2.24) is 5.32 Å². The van der Waals surface area contributed by atoms with Gasteiger partial charge in [-0.1, -0.05) is 51.1 Å². The van der Waals surface area contributed by atoms with E-state index < -0.39 is 26.4 Å². The van der Waals surface area contributed by atoms with E-state index in [0.717, 1.165) is 5.56 Å². The normalized spacial score (nSPS) is 12.9. The second kappa shape index (κ2) is 11.2. The molecule has 0 spiro atoms. The lowest BCUT2D eigenvalue weighted by atomic mass is 10.1. The molecular formula is C21H35NO5Si. The van der Waals surface area contributed by atoms with Gasteiger partial charge in [0.2, 0.25) is 0 Å². The highest BCUT2D eigenvalue weighted by atomic mass is 28.4. The summed E-state index contributed by atoms with van der Waals surface area (Å²) in [6, 6.07) is 8.64. The summed E-state index contributed by atoms with van der Waals surface area (Å²) < 4.78 is 16.4. The molecule has 0 aliphatic carbocycles. The molecule has 0 unspecified atom stereocenters. The first-order chi connectivity index (χ1) is 13.1. The Morgan fingerprint density at radius 1 is 1.11 bits per heavy atom. The predicted octanol–water partition coefficient (Wildman–Crippen LogP) is 4.65. The number of hydrogen-bond donors (Lipinski definition) is 1. The number of carbonyl (C=O) groups is 2. The van der Waals surface area contributed by atoms with Crippen LogP contribution in [0.3, 0.4) is 0 Å². The van der Waals surface area contributed by atoms with Crippen LogP contribution in [0, 0.1) is 0 Å². The van der Waals surface area contributed by atoms with Crippen molar-refractivity contribution in [2.45, 2.75) is 71.3 Å². The molecule has 0 aromatic heterocycles. The molecule has 0 fully saturated rings. The second-order valence-electron chi connectivity index (χ2n) is 8.26. The summed E-state index contributed by atoms with van der Waals surface area (Å²) in [5.41, 5.74) is 0.883. The maximum absolute atomic E-state index is 12.2. The average molecular weight is 410 g/mol. The van der Waals surface area contributed by atoms with Crippen molar-refractivity contribution in [3.05, 3.63) is 35.9 Å². The van der Waals surface area contributed by atoms with Crippen molar-refractivity contribution < 1.29 is 23.5 Å². The first kappa shape index (κ1) is 24.2. The number of carbonyl (C=O) groups excluding carboxylic acids is 2. The highest BCUT2D eigenvalue weighted by Crippen LogP contribution is 2.36. The summed E-state index contributed by atoms with van der Waals surface area (Å²) in [5, 5.41) is 2.75. The molecule has 28 heavy (non-hydrogen) atoms. The van der Waals surface area contributed by atoms with Crippen LogP contribution in [-0.4, -0.2) is 39.6 Å². The van der Waals surface area contributed by atoms with Crippen LogP contribution >= 0.6 is 0 Å². The van der Waals surface area contributed by atoms with Gasteiger partial charge in [-0.3, -0.25) is 0 Å². The minimum Gasteiger partial charge on any atom is -0.464 e. The molecule has 6 nitrogen and oxygen atoms in total. The van der Waals surface area contributed by atoms with Gasteiger partial charge in [0.1, 0.15) is 12.6 Å². The first-order valence-corrected chi connectivity index (χ1v) is 12.8. The third-order valence-corrected chi connectivity index (χ3v) is 9.52. The molecule has 0 bridgehead atoms. The number of alkyl carbamates (subject to hydrolysis) is 1. The molecular weight excluding hydrogens is 374 g/mol. The Morgan fingerprint density at radius 3 is 2.32 bits per heavy atom. The van der Waals surface area contributed by atoms with Crippen molar-refractivity contribution >= 4 is 20.4 Å². The third-order valence-electron chi connectivity index (χ3n) is 4.98. The smallest absolute Gasteiger partial charge is 0.408 e. The Balaban J connectivity index is 2.51. The minimum absolute atomic E-state index is 0.132. The zero-order valence-electron chi connectivity index (χ0n) is 18.0. The second-order valence-corrected chi connectivity index (χ2v) is 13.1. The largest absolute Gasteiger partial charge is 0.464 e. The van der Waals surface area contributed by atoms with Crippen LogP contribution in [0.15, 0.2) is 30.3 Å². The van der Waals surface area contributed by atoms with Crippen LogP contribution in [0.2, 0.25) is 18.1 Å². The van der Waals surface area contributed by atoms with Gasteiger partial charge in [0, 0.05) is 6.61 Å². The summed E-state index contributed by atoms with van der Waals surface area (Å²) in [4.78, 5) is 24.3. The highest BCUT2D eigenvalue weighted by Gasteiger charge is 2.37. The molecule has 0 saturated heterocycles. The molecule has 0 heterocycles. The van der Waals surface area contributed by atoms with Crippen LogP contribution < -0.4 is 5.32 Å². The zero-order valence-corrected chi connectivity index (χ0v) is 19.0. The van der Waals surface area contributed by atoms with Gasteiger partial charge in [-0.25, -0.2) is 9.59 Å². The molecule has 1 N–H and O–H groups in total. The summed E-state index contributed by atoms with van der Waals surface area (Å²) in [7, 11) is -1.83. The lowest BCUT2D eigenvalue weighted by Crippen LogP contribution is -2.43. The first-order valence-electron chi connectivity index (χ1n) is 9.84. The van der Waals surface area contributed by atoms with Gasteiger partial charge in [0.05, 0.1) is 6.61 Å². The fourth-order valence-corrected chi connectivity index (χ4v) is 3.32. The molecule has 7 heteroatoms. The topological polar surface area (TPSA) is 73.9 Å². The van der Waals surface area contributed by atoms with E-state index in [1.807, 2.05) is 30.3 Å². The van der Waals surface area contributed by atoms with Crippen molar-refractivity contribution in [2.75, 3.05) is 13.2 Å². The highest BCUT2D eigenvalue weighted by molar-refractivity contribution is 6.74. The summed E-state index contributed by atoms with van der Waals surface area (Å²) in [6.45, 7) is 13.6. The Kier molecular flexibility index (Phi) is 9.68. The quantitative estimate of drug-likeness (QED) is 0.346. The van der Waals surface area contributed by atoms with Crippen LogP contribution in [0.4, 0.5) is 4.79 Å². The lowest BCUT2D eigenvalue weighted by molar-refractivity contribution is -0.145. The van der Waals surface area contributed by atoms with Crippen LogP contribution in [-0.2, 0) is 25.3 Å². The number of rotatable bonds is 10. The van der Waals surface area contributed by atoms with Gasteiger partial charge in [-0.05, 0) is 43.5 Å². The van der Waals surface area contributed by atoms with E-state index >= 15 is 0 Å². The van der Waals surface area contributed by atoms with E-state index in [2.05, 4.69) is 39.2 Å². The fraction of sp³-hybridized carbons (Fsp3) is 0.619. The Morgan fingerprint density at radius 2 is 1.75 bits per heavy atom. The lowest BCUT2D eigenvalue weighted by Gasteiger charge is -2.36. The maximum atomic E-state index is 12.2. The van der Waals surface area contributed by atoms with Gasteiger partial charge in [0.15, 0.2) is 8.32 Å². The predicted molar refractivity (Wildman–Crippen MR) is 113 cm³/mol. The molecule has 1 aromatic carbocycles. The average Bonchev–Trinajstić information content (AvgIpc) is 2.62.